The molecule has 2 aliphatic carbocycles. The molecule has 1 aromatic heterocycles. The van der Waals surface area contributed by atoms with Crippen LogP contribution >= 0.6 is 0 Å². The number of hydrogen-bond donors (Lipinski definition) is 3. The van der Waals surface area contributed by atoms with Crippen LogP contribution in [0.4, 0.5) is 17.6 Å². The molecule has 2 aliphatic rings. The van der Waals surface area contributed by atoms with Gasteiger partial charge in [0.05, 0.1) is 11.7 Å². The van der Waals surface area contributed by atoms with E-state index < -0.39 is 29.6 Å². The maximum absolute atomic E-state index is 14.2. The molecule has 10 heteroatoms. The minimum absolute atomic E-state index is 0.00397. The van der Waals surface area contributed by atoms with Crippen LogP contribution in [0.1, 0.15) is 66.6 Å². The minimum atomic E-state index is -4.81. The van der Waals surface area contributed by atoms with Crippen molar-refractivity contribution in [1.82, 2.24) is 15.8 Å². The van der Waals surface area contributed by atoms with Crippen LogP contribution < -0.4 is 10.6 Å². The van der Waals surface area contributed by atoms with E-state index in [1.165, 1.54) is 12.8 Å². The second kappa shape index (κ2) is 9.80. The highest BCUT2D eigenvalue weighted by atomic mass is 19.4. The van der Waals surface area contributed by atoms with E-state index in [0.29, 0.717) is 36.9 Å². The van der Waals surface area contributed by atoms with Crippen molar-refractivity contribution in [2.24, 2.45) is 5.92 Å². The third-order valence-corrected chi connectivity index (χ3v) is 6.25. The third kappa shape index (κ3) is 5.92. The normalized spacial score (nSPS) is 21.2. The number of rotatable bonds is 8. The van der Waals surface area contributed by atoms with Gasteiger partial charge in [0.15, 0.2) is 11.5 Å². The molecule has 0 aliphatic heterocycles. The van der Waals surface area contributed by atoms with Gasteiger partial charge in [-0.2, -0.15) is 13.2 Å². The molecule has 2 fully saturated rings. The van der Waals surface area contributed by atoms with Gasteiger partial charge in [-0.3, -0.25) is 4.79 Å². The molecule has 6 nitrogen and oxygen atoms in total. The molecule has 2 unspecified atom stereocenters. The van der Waals surface area contributed by atoms with Gasteiger partial charge in [-0.1, -0.05) is 24.1 Å². The van der Waals surface area contributed by atoms with Gasteiger partial charge in [-0.25, -0.2) is 4.39 Å². The van der Waals surface area contributed by atoms with E-state index in [9.17, 15) is 27.5 Å². The molecule has 0 radical (unpaired) electrons. The zero-order valence-corrected chi connectivity index (χ0v) is 18.1. The molecule has 0 bridgehead atoms. The Kier molecular flexibility index (Phi) is 7.04. The zero-order valence-electron chi connectivity index (χ0n) is 18.1. The van der Waals surface area contributed by atoms with Crippen molar-refractivity contribution in [2.45, 2.75) is 69.8 Å². The van der Waals surface area contributed by atoms with Crippen LogP contribution in [0.15, 0.2) is 22.7 Å². The average molecular weight is 469 g/mol. The number of nitrogens with zero attached hydrogens (tertiary/aromatic N) is 1. The van der Waals surface area contributed by atoms with Crippen molar-refractivity contribution in [1.29, 1.82) is 0 Å². The molecule has 0 saturated heterocycles. The number of halogens is 4. The average Bonchev–Trinajstić information content (AvgIpc) is 3.47. The Bertz CT molecular complexity index is 988. The summed E-state index contributed by atoms with van der Waals surface area (Å²) in [5, 5.41) is 19.8. The number of carbonyl (C=O) groups is 1. The van der Waals surface area contributed by atoms with Crippen molar-refractivity contribution in [3.05, 3.63) is 40.8 Å². The van der Waals surface area contributed by atoms with Gasteiger partial charge in [0.2, 0.25) is 0 Å². The topological polar surface area (TPSA) is 87.4 Å². The Morgan fingerprint density at radius 3 is 2.67 bits per heavy atom. The van der Waals surface area contributed by atoms with Crippen LogP contribution in [0.2, 0.25) is 0 Å². The minimum Gasteiger partial charge on any atom is -0.393 e. The fourth-order valence-electron chi connectivity index (χ4n) is 4.24. The van der Waals surface area contributed by atoms with Crippen molar-refractivity contribution >= 4 is 5.91 Å². The van der Waals surface area contributed by atoms with Crippen molar-refractivity contribution in [3.63, 3.8) is 0 Å². The van der Waals surface area contributed by atoms with Crippen LogP contribution in [0.5, 0.6) is 0 Å². The lowest BCUT2D eigenvalue weighted by atomic mass is 9.93. The maximum atomic E-state index is 14.2. The molecule has 0 spiro atoms. The zero-order chi connectivity index (χ0) is 23.6. The summed E-state index contributed by atoms with van der Waals surface area (Å²) in [5.41, 5.74) is -0.939. The molecule has 3 N–H and O–H groups in total. The number of amides is 1. The SMILES string of the molecule is O=C(NC1CCCC(O)C1)c1noc(-c2ccc(C(F)(F)F)c(F)c2)c1CNCCC1CC1. The highest BCUT2D eigenvalue weighted by Gasteiger charge is 2.35. The molecule has 180 valence electrons. The van der Waals surface area contributed by atoms with Gasteiger partial charge in [-0.15, -0.1) is 0 Å². The summed E-state index contributed by atoms with van der Waals surface area (Å²) in [7, 11) is 0. The maximum Gasteiger partial charge on any atom is 0.419 e. The van der Waals surface area contributed by atoms with E-state index in [0.717, 1.165) is 31.4 Å². The van der Waals surface area contributed by atoms with Gasteiger partial charge in [0.1, 0.15) is 5.82 Å². The first-order chi connectivity index (χ1) is 15.7. The summed E-state index contributed by atoms with van der Waals surface area (Å²) in [6.07, 6.45) is 0.742. The van der Waals surface area contributed by atoms with Crippen LogP contribution in [0.25, 0.3) is 11.3 Å². The predicted octanol–water partition coefficient (Wildman–Crippen LogP) is 4.42. The van der Waals surface area contributed by atoms with Gasteiger partial charge < -0.3 is 20.3 Å². The van der Waals surface area contributed by atoms with E-state index in [1.807, 2.05) is 0 Å². The summed E-state index contributed by atoms with van der Waals surface area (Å²) in [6, 6.07) is 2.30. The number of nitrogens with one attached hydrogen (secondary N) is 2. The number of benzene rings is 1. The highest BCUT2D eigenvalue weighted by molar-refractivity contribution is 5.95. The number of aliphatic hydroxyl groups is 1. The van der Waals surface area contributed by atoms with E-state index in [4.69, 9.17) is 4.52 Å². The lowest BCUT2D eigenvalue weighted by Gasteiger charge is -2.26. The molecule has 2 aromatic rings. The van der Waals surface area contributed by atoms with Crippen LogP contribution in [0.3, 0.4) is 0 Å². The monoisotopic (exact) mass is 469 g/mol. The second-order valence-corrected chi connectivity index (χ2v) is 8.93. The number of carbonyl (C=O) groups excluding carboxylic acids is 1. The fraction of sp³-hybridized carbons (Fsp3) is 0.565. The van der Waals surface area contributed by atoms with Gasteiger partial charge in [0, 0.05) is 23.7 Å². The van der Waals surface area contributed by atoms with Gasteiger partial charge in [0.25, 0.3) is 5.91 Å². The number of aliphatic hydroxyl groups excluding tert-OH is 1. The van der Waals surface area contributed by atoms with Gasteiger partial charge >= 0.3 is 6.18 Å². The first-order valence-corrected chi connectivity index (χ1v) is 11.3. The molecule has 1 heterocycles. The largest absolute Gasteiger partial charge is 0.419 e. The second-order valence-electron chi connectivity index (χ2n) is 8.93. The Morgan fingerprint density at radius 2 is 2.00 bits per heavy atom. The van der Waals surface area contributed by atoms with Crippen molar-refractivity contribution < 1.29 is 32.0 Å². The van der Waals surface area contributed by atoms with Crippen molar-refractivity contribution in [2.75, 3.05) is 6.54 Å². The van der Waals surface area contributed by atoms with Crippen LogP contribution in [0, 0.1) is 11.7 Å². The molecule has 1 aromatic carbocycles. The first kappa shape index (κ1) is 23.7. The standard InChI is InChI=1S/C23H27F4N3O3/c24-19-10-14(6-7-18(19)23(25,26)27)21-17(12-28-9-8-13-4-5-13)20(30-33-21)22(32)29-15-2-1-3-16(31)11-15/h6-7,10,13,15-16,28,31H,1-5,8-9,11-12H2,(H,29,32). The Labute approximate surface area is 188 Å². The molecule has 33 heavy (non-hydrogen) atoms. The smallest absolute Gasteiger partial charge is 0.393 e. The van der Waals surface area contributed by atoms with Crippen molar-refractivity contribution in [3.8, 4) is 11.3 Å². The van der Waals surface area contributed by atoms with E-state index in [-0.39, 0.29) is 29.6 Å². The number of alkyl halides is 3. The molecule has 2 atom stereocenters. The van der Waals surface area contributed by atoms with E-state index in [2.05, 4.69) is 15.8 Å². The summed E-state index contributed by atoms with van der Waals surface area (Å²) in [5.74, 6) is -1.17. The Balaban J connectivity index is 1.57. The quantitative estimate of drug-likeness (QED) is 0.394. The third-order valence-electron chi connectivity index (χ3n) is 6.25. The summed E-state index contributed by atoms with van der Waals surface area (Å²) >= 11 is 0. The highest BCUT2D eigenvalue weighted by Crippen LogP contribution is 2.35. The van der Waals surface area contributed by atoms with E-state index in [1.54, 1.807) is 0 Å². The van der Waals surface area contributed by atoms with Crippen LogP contribution in [-0.2, 0) is 12.7 Å². The lowest BCUT2D eigenvalue weighted by Crippen LogP contribution is -2.40. The fourth-order valence-corrected chi connectivity index (χ4v) is 4.24. The Hall–Kier alpha value is -2.46. The number of aromatic nitrogens is 1. The molecule has 2 saturated carbocycles. The lowest BCUT2D eigenvalue weighted by molar-refractivity contribution is -0.139. The molecular formula is C23H27F4N3O3. The Morgan fingerprint density at radius 1 is 1.21 bits per heavy atom. The summed E-state index contributed by atoms with van der Waals surface area (Å²) in [4.78, 5) is 12.9. The number of hydrogen-bond acceptors (Lipinski definition) is 5. The molecular weight excluding hydrogens is 442 g/mol. The van der Waals surface area contributed by atoms with Crippen LogP contribution in [-0.4, -0.2) is 34.9 Å². The van der Waals surface area contributed by atoms with E-state index >= 15 is 0 Å². The van der Waals surface area contributed by atoms with Gasteiger partial charge in [-0.05, 0) is 56.7 Å². The predicted molar refractivity (Wildman–Crippen MR) is 112 cm³/mol. The first-order valence-electron chi connectivity index (χ1n) is 11.3. The molecule has 4 rings (SSSR count). The summed E-state index contributed by atoms with van der Waals surface area (Å²) in [6.45, 7) is 0.900. The summed E-state index contributed by atoms with van der Waals surface area (Å²) < 4.78 is 58.3. The molecule has 1 amide bonds.